The largest absolute Gasteiger partial charge is 0.361 e. The number of aliphatic imine (C=N–C) groups is 1. The molecule has 3 aromatic rings. The molecule has 0 atom stereocenters. The molecule has 0 fully saturated rings. The van der Waals surface area contributed by atoms with Crippen LogP contribution in [0.15, 0.2) is 58.5 Å². The highest BCUT2D eigenvalue weighted by molar-refractivity contribution is 7.89. The van der Waals surface area contributed by atoms with Gasteiger partial charge in [0.05, 0.1) is 11.4 Å². The molecular formula is C22H29N5O2S. The predicted octanol–water partition coefficient (Wildman–Crippen LogP) is 2.68. The van der Waals surface area contributed by atoms with Crippen molar-refractivity contribution in [3.63, 3.8) is 0 Å². The molecule has 0 unspecified atom stereocenters. The first-order valence-electron chi connectivity index (χ1n) is 10.0. The molecule has 160 valence electrons. The molecule has 0 spiro atoms. The number of hydrogen-bond acceptors (Lipinski definition) is 3. The molecule has 0 saturated carbocycles. The number of hydrogen-bond donors (Lipinski definition) is 4. The Morgan fingerprint density at radius 1 is 1.13 bits per heavy atom. The van der Waals surface area contributed by atoms with Crippen LogP contribution in [0.1, 0.15) is 23.6 Å². The van der Waals surface area contributed by atoms with Crippen LogP contribution >= 0.6 is 0 Å². The van der Waals surface area contributed by atoms with Crippen molar-refractivity contribution in [2.24, 2.45) is 4.99 Å². The number of aryl methyl sites for hydroxylation is 1. The summed E-state index contributed by atoms with van der Waals surface area (Å²) in [5.41, 5.74) is 4.48. The van der Waals surface area contributed by atoms with Gasteiger partial charge in [0.1, 0.15) is 0 Å². The van der Waals surface area contributed by atoms with E-state index in [2.05, 4.69) is 56.7 Å². The quantitative estimate of drug-likeness (QED) is 0.328. The maximum atomic E-state index is 12.0. The Balaban J connectivity index is 1.64. The number of fused-ring (bicyclic) bond motifs is 1. The third-order valence-electron chi connectivity index (χ3n) is 4.85. The predicted molar refractivity (Wildman–Crippen MR) is 122 cm³/mol. The van der Waals surface area contributed by atoms with Crippen molar-refractivity contribution >= 4 is 26.9 Å². The second-order valence-electron chi connectivity index (χ2n) is 7.09. The fourth-order valence-corrected chi connectivity index (χ4v) is 4.06. The van der Waals surface area contributed by atoms with Gasteiger partial charge in [-0.15, -0.1) is 0 Å². The molecule has 8 heteroatoms. The molecule has 1 heterocycles. The maximum Gasteiger partial charge on any atom is 0.240 e. The van der Waals surface area contributed by atoms with Gasteiger partial charge < -0.3 is 15.6 Å². The van der Waals surface area contributed by atoms with Gasteiger partial charge in [0, 0.05) is 30.2 Å². The lowest BCUT2D eigenvalue weighted by atomic mass is 10.1. The lowest BCUT2D eigenvalue weighted by Crippen LogP contribution is -2.38. The van der Waals surface area contributed by atoms with Crippen molar-refractivity contribution in [1.82, 2.24) is 20.3 Å². The fourth-order valence-electron chi connectivity index (χ4n) is 3.26. The van der Waals surface area contributed by atoms with E-state index in [0.29, 0.717) is 12.5 Å². The van der Waals surface area contributed by atoms with Crippen LogP contribution in [0.5, 0.6) is 0 Å². The van der Waals surface area contributed by atoms with Gasteiger partial charge in [-0.05, 0) is 62.2 Å². The van der Waals surface area contributed by atoms with E-state index in [-0.39, 0.29) is 4.90 Å². The number of nitrogens with one attached hydrogen (secondary N) is 4. The number of guanidine groups is 1. The van der Waals surface area contributed by atoms with E-state index >= 15 is 0 Å². The van der Waals surface area contributed by atoms with E-state index < -0.39 is 10.0 Å². The first-order chi connectivity index (χ1) is 14.4. The van der Waals surface area contributed by atoms with Crippen molar-refractivity contribution in [1.29, 1.82) is 0 Å². The molecule has 0 bridgehead atoms. The number of aromatic nitrogens is 1. The Labute approximate surface area is 178 Å². The third kappa shape index (κ3) is 5.40. The zero-order valence-electron chi connectivity index (χ0n) is 17.6. The minimum Gasteiger partial charge on any atom is -0.361 e. The highest BCUT2D eigenvalue weighted by Crippen LogP contribution is 2.19. The fraction of sp³-hybridized carbons (Fsp3) is 0.318. The van der Waals surface area contributed by atoms with Crippen LogP contribution in [-0.4, -0.2) is 39.5 Å². The summed E-state index contributed by atoms with van der Waals surface area (Å²) in [5, 5.41) is 7.83. The van der Waals surface area contributed by atoms with Crippen LogP contribution in [0.25, 0.3) is 10.9 Å². The number of rotatable bonds is 8. The summed E-state index contributed by atoms with van der Waals surface area (Å²) in [6.45, 7) is 5.96. The van der Waals surface area contributed by atoms with Crippen molar-refractivity contribution in [2.45, 2.75) is 31.7 Å². The van der Waals surface area contributed by atoms with Crippen LogP contribution < -0.4 is 15.4 Å². The van der Waals surface area contributed by atoms with Gasteiger partial charge in [-0.2, -0.15) is 0 Å². The van der Waals surface area contributed by atoms with Crippen molar-refractivity contribution in [2.75, 3.05) is 20.1 Å². The smallest absolute Gasteiger partial charge is 0.240 e. The number of benzene rings is 2. The van der Waals surface area contributed by atoms with Gasteiger partial charge in [0.25, 0.3) is 0 Å². The van der Waals surface area contributed by atoms with Crippen molar-refractivity contribution in [3.8, 4) is 0 Å². The number of aromatic amines is 1. The maximum absolute atomic E-state index is 12.0. The van der Waals surface area contributed by atoms with E-state index in [0.717, 1.165) is 30.6 Å². The van der Waals surface area contributed by atoms with Crippen molar-refractivity contribution < 1.29 is 8.42 Å². The monoisotopic (exact) mass is 427 g/mol. The van der Waals surface area contributed by atoms with Crippen molar-refractivity contribution in [3.05, 3.63) is 65.4 Å². The minimum atomic E-state index is -3.46. The van der Waals surface area contributed by atoms with Gasteiger partial charge in [0.15, 0.2) is 5.96 Å². The molecule has 4 N–H and O–H groups in total. The minimum absolute atomic E-state index is 0.241. The summed E-state index contributed by atoms with van der Waals surface area (Å²) < 4.78 is 26.3. The Hall–Kier alpha value is -2.84. The lowest BCUT2D eigenvalue weighted by Gasteiger charge is -2.11. The highest BCUT2D eigenvalue weighted by Gasteiger charge is 2.11. The van der Waals surface area contributed by atoms with Crippen LogP contribution in [0.2, 0.25) is 0 Å². The number of H-pyrrole nitrogens is 1. The zero-order chi connectivity index (χ0) is 21.6. The van der Waals surface area contributed by atoms with Gasteiger partial charge in [-0.25, -0.2) is 18.1 Å². The molecule has 0 aliphatic carbocycles. The van der Waals surface area contributed by atoms with Gasteiger partial charge in [0.2, 0.25) is 10.0 Å². The summed E-state index contributed by atoms with van der Waals surface area (Å²) >= 11 is 0. The Morgan fingerprint density at radius 3 is 2.73 bits per heavy atom. The Kier molecular flexibility index (Phi) is 7.12. The number of sulfonamides is 1. The van der Waals surface area contributed by atoms with E-state index in [1.807, 2.05) is 13.0 Å². The molecule has 0 aliphatic heterocycles. The van der Waals surface area contributed by atoms with E-state index in [9.17, 15) is 8.42 Å². The molecule has 30 heavy (non-hydrogen) atoms. The average molecular weight is 428 g/mol. The summed E-state index contributed by atoms with van der Waals surface area (Å²) in [6.07, 6.45) is 2.92. The molecule has 0 radical (unpaired) electrons. The number of nitrogens with zero attached hydrogens (tertiary/aromatic N) is 1. The van der Waals surface area contributed by atoms with Crippen LogP contribution in [0.4, 0.5) is 0 Å². The second-order valence-corrected chi connectivity index (χ2v) is 8.98. The third-order valence-corrected chi connectivity index (χ3v) is 6.26. The molecule has 3 rings (SSSR count). The van der Waals surface area contributed by atoms with E-state index in [4.69, 9.17) is 0 Å². The molecule has 7 nitrogen and oxygen atoms in total. The SMILES string of the molecule is CCNC(=NCc1cccc(S(=O)(=O)NC)c1)NCCc1c[nH]c2cc(C)ccc12. The van der Waals surface area contributed by atoms with E-state index in [1.165, 1.54) is 23.6 Å². The van der Waals surface area contributed by atoms with Crippen LogP contribution in [0, 0.1) is 6.92 Å². The van der Waals surface area contributed by atoms with Crippen LogP contribution in [-0.2, 0) is 23.0 Å². The van der Waals surface area contributed by atoms with Gasteiger partial charge >= 0.3 is 0 Å². The molecule has 0 saturated heterocycles. The summed E-state index contributed by atoms with van der Waals surface area (Å²) in [7, 11) is -2.06. The lowest BCUT2D eigenvalue weighted by molar-refractivity contribution is 0.588. The molecule has 0 aliphatic rings. The topological polar surface area (TPSA) is 98.4 Å². The second kappa shape index (κ2) is 9.77. The Morgan fingerprint density at radius 2 is 1.97 bits per heavy atom. The first kappa shape index (κ1) is 21.9. The summed E-state index contributed by atoms with van der Waals surface area (Å²) in [4.78, 5) is 8.17. The van der Waals surface area contributed by atoms with Gasteiger partial charge in [-0.1, -0.05) is 24.3 Å². The molecule has 2 aromatic carbocycles. The van der Waals surface area contributed by atoms with Gasteiger partial charge in [-0.3, -0.25) is 0 Å². The van der Waals surface area contributed by atoms with E-state index in [1.54, 1.807) is 18.2 Å². The normalized spacial score (nSPS) is 12.3. The average Bonchev–Trinajstić information content (AvgIpc) is 3.14. The first-order valence-corrected chi connectivity index (χ1v) is 11.5. The summed E-state index contributed by atoms with van der Waals surface area (Å²) in [6, 6.07) is 13.3. The zero-order valence-corrected chi connectivity index (χ0v) is 18.4. The highest BCUT2D eigenvalue weighted by atomic mass is 32.2. The summed E-state index contributed by atoms with van der Waals surface area (Å²) in [5.74, 6) is 0.704. The standard InChI is InChI=1S/C22H29N5O2S/c1-4-24-22(27-14-17-6-5-7-19(13-17)30(28,29)23-3)25-11-10-18-15-26-21-12-16(2)8-9-20(18)21/h5-9,12-13,15,23,26H,4,10-11,14H2,1-3H3,(H2,24,25,27). The molecular weight excluding hydrogens is 398 g/mol. The molecule has 1 aromatic heterocycles. The molecule has 0 amide bonds. The van der Waals surface area contributed by atoms with Crippen LogP contribution in [0.3, 0.4) is 0 Å². The Bertz CT molecular complexity index is 1140.